The summed E-state index contributed by atoms with van der Waals surface area (Å²) in [5.41, 5.74) is 2.35. The van der Waals surface area contributed by atoms with Crippen molar-refractivity contribution in [3.63, 3.8) is 0 Å². The Bertz CT molecular complexity index is 777. The molecule has 0 aromatic carbocycles. The van der Waals surface area contributed by atoms with Crippen molar-refractivity contribution >= 4 is 23.1 Å². The lowest BCUT2D eigenvalue weighted by molar-refractivity contribution is 0.726. The molecule has 0 unspecified atom stereocenters. The molecule has 3 heterocycles. The summed E-state index contributed by atoms with van der Waals surface area (Å²) in [6.07, 6.45) is 7.09. The van der Waals surface area contributed by atoms with Crippen molar-refractivity contribution in [2.75, 3.05) is 24.5 Å². The summed E-state index contributed by atoms with van der Waals surface area (Å²) in [6.45, 7) is 10.8. The number of nitrogens with zero attached hydrogens (tertiary/aromatic N) is 4. The van der Waals surface area contributed by atoms with Gasteiger partial charge in [0.1, 0.15) is 10.8 Å². The third kappa shape index (κ3) is 6.70. The lowest BCUT2D eigenvalue weighted by atomic mass is 10.2. The monoisotopic (exact) mass is 414 g/mol. The average Bonchev–Trinajstić information content (AvgIpc) is 3.04. The Labute approximate surface area is 178 Å². The summed E-state index contributed by atoms with van der Waals surface area (Å²) in [6, 6.07) is 4.25. The minimum Gasteiger partial charge on any atom is -0.357 e. The molecule has 1 aliphatic heterocycles. The molecule has 1 saturated heterocycles. The first-order chi connectivity index (χ1) is 14.2. The Morgan fingerprint density at radius 2 is 2.00 bits per heavy atom. The van der Waals surface area contributed by atoms with Crippen molar-refractivity contribution in [3.8, 4) is 0 Å². The van der Waals surface area contributed by atoms with Crippen LogP contribution in [0, 0.1) is 0 Å². The number of pyridine rings is 1. The van der Waals surface area contributed by atoms with Gasteiger partial charge in [-0.1, -0.05) is 26.7 Å². The summed E-state index contributed by atoms with van der Waals surface area (Å²) in [5, 5.41) is 9.97. The van der Waals surface area contributed by atoms with E-state index in [0.717, 1.165) is 42.1 Å². The second-order valence-electron chi connectivity index (χ2n) is 7.79. The van der Waals surface area contributed by atoms with Crippen LogP contribution in [0.1, 0.15) is 68.6 Å². The number of anilines is 1. The Balaban J connectivity index is 1.60. The Hall–Kier alpha value is -2.15. The predicted molar refractivity (Wildman–Crippen MR) is 123 cm³/mol. The van der Waals surface area contributed by atoms with Crippen molar-refractivity contribution in [1.29, 1.82) is 0 Å². The van der Waals surface area contributed by atoms with Crippen LogP contribution in [0.4, 0.5) is 5.82 Å². The zero-order valence-electron chi connectivity index (χ0n) is 17.9. The first kappa shape index (κ1) is 21.6. The summed E-state index contributed by atoms with van der Waals surface area (Å²) in [5.74, 6) is 2.37. The normalized spacial score (nSPS) is 15.4. The maximum Gasteiger partial charge on any atom is 0.191 e. The van der Waals surface area contributed by atoms with Gasteiger partial charge in [0.2, 0.25) is 0 Å². The quantitative estimate of drug-likeness (QED) is 0.522. The van der Waals surface area contributed by atoms with E-state index >= 15 is 0 Å². The zero-order valence-corrected chi connectivity index (χ0v) is 18.8. The highest BCUT2D eigenvalue weighted by atomic mass is 32.1. The molecule has 158 valence electrons. The lowest BCUT2D eigenvalue weighted by Gasteiger charge is -2.21. The SMILES string of the molecule is CCNC(=NCc1ccnc(N2CCCCCC2)c1)NCc1nc(C(C)C)cs1. The zero-order chi connectivity index (χ0) is 20.5. The molecular formula is C22H34N6S. The molecule has 0 aliphatic carbocycles. The maximum atomic E-state index is 4.77. The Morgan fingerprint density at radius 1 is 1.21 bits per heavy atom. The number of rotatable bonds is 7. The number of thiazole rings is 1. The van der Waals surface area contributed by atoms with Gasteiger partial charge in [0, 0.05) is 31.2 Å². The number of hydrogen-bond donors (Lipinski definition) is 2. The van der Waals surface area contributed by atoms with E-state index < -0.39 is 0 Å². The molecule has 0 amide bonds. The van der Waals surface area contributed by atoms with Crippen LogP contribution in [0.2, 0.25) is 0 Å². The molecule has 6 nitrogen and oxygen atoms in total. The number of nitrogens with one attached hydrogen (secondary N) is 2. The molecule has 0 spiro atoms. The van der Waals surface area contributed by atoms with Crippen LogP contribution in [0.15, 0.2) is 28.7 Å². The fraction of sp³-hybridized carbons (Fsp3) is 0.591. The smallest absolute Gasteiger partial charge is 0.191 e. The molecule has 7 heteroatoms. The van der Waals surface area contributed by atoms with Gasteiger partial charge in [-0.3, -0.25) is 0 Å². The van der Waals surface area contributed by atoms with Gasteiger partial charge in [-0.15, -0.1) is 11.3 Å². The first-order valence-electron chi connectivity index (χ1n) is 10.8. The molecular weight excluding hydrogens is 380 g/mol. The van der Waals surface area contributed by atoms with E-state index in [-0.39, 0.29) is 0 Å². The van der Waals surface area contributed by atoms with Crippen molar-refractivity contribution in [1.82, 2.24) is 20.6 Å². The van der Waals surface area contributed by atoms with Crippen molar-refractivity contribution in [2.24, 2.45) is 4.99 Å². The van der Waals surface area contributed by atoms with Crippen LogP contribution in [0.5, 0.6) is 0 Å². The van der Waals surface area contributed by atoms with Crippen LogP contribution < -0.4 is 15.5 Å². The number of guanidine groups is 1. The largest absolute Gasteiger partial charge is 0.357 e. The standard InChI is InChI=1S/C22H34N6S/c1-4-23-22(26-15-21-27-19(16-29-21)17(2)3)25-14-18-9-10-24-20(13-18)28-11-7-5-6-8-12-28/h9-10,13,16-17H,4-8,11-12,14-15H2,1-3H3,(H2,23,25,26). The molecule has 2 N–H and O–H groups in total. The molecule has 1 aliphatic rings. The van der Waals surface area contributed by atoms with Crippen LogP contribution in [-0.4, -0.2) is 35.6 Å². The third-order valence-electron chi connectivity index (χ3n) is 5.07. The van der Waals surface area contributed by atoms with Gasteiger partial charge in [-0.05, 0) is 43.4 Å². The van der Waals surface area contributed by atoms with Gasteiger partial charge < -0.3 is 15.5 Å². The summed E-state index contributed by atoms with van der Waals surface area (Å²) < 4.78 is 0. The van der Waals surface area contributed by atoms with Crippen LogP contribution in [-0.2, 0) is 13.1 Å². The van der Waals surface area contributed by atoms with Gasteiger partial charge in [0.05, 0.1) is 18.8 Å². The number of hydrogen-bond acceptors (Lipinski definition) is 5. The van der Waals surface area contributed by atoms with Crippen molar-refractivity contribution < 1.29 is 0 Å². The summed E-state index contributed by atoms with van der Waals surface area (Å²) in [7, 11) is 0. The molecule has 2 aromatic heterocycles. The Morgan fingerprint density at radius 3 is 2.69 bits per heavy atom. The molecule has 0 radical (unpaired) electrons. The van der Waals surface area contributed by atoms with E-state index in [0.29, 0.717) is 19.0 Å². The molecule has 0 bridgehead atoms. The fourth-order valence-electron chi connectivity index (χ4n) is 3.37. The highest BCUT2D eigenvalue weighted by molar-refractivity contribution is 7.09. The molecule has 2 aromatic rings. The minimum atomic E-state index is 0.465. The van der Waals surface area contributed by atoms with E-state index in [1.54, 1.807) is 11.3 Å². The number of aromatic nitrogens is 2. The molecule has 1 fully saturated rings. The minimum absolute atomic E-state index is 0.465. The van der Waals surface area contributed by atoms with Gasteiger partial charge in [-0.25, -0.2) is 15.0 Å². The van der Waals surface area contributed by atoms with Gasteiger partial charge in [0.25, 0.3) is 0 Å². The van der Waals surface area contributed by atoms with Crippen LogP contribution in [0.3, 0.4) is 0 Å². The molecule has 0 atom stereocenters. The van der Waals surface area contributed by atoms with Gasteiger partial charge >= 0.3 is 0 Å². The van der Waals surface area contributed by atoms with E-state index in [9.17, 15) is 0 Å². The third-order valence-corrected chi connectivity index (χ3v) is 5.94. The summed E-state index contributed by atoms with van der Waals surface area (Å²) in [4.78, 5) is 16.5. The van der Waals surface area contributed by atoms with E-state index in [2.05, 4.69) is 58.8 Å². The molecule has 0 saturated carbocycles. The van der Waals surface area contributed by atoms with Crippen molar-refractivity contribution in [3.05, 3.63) is 40.0 Å². The molecule has 3 rings (SSSR count). The maximum absolute atomic E-state index is 4.77. The van der Waals surface area contributed by atoms with E-state index in [4.69, 9.17) is 9.98 Å². The first-order valence-corrected chi connectivity index (χ1v) is 11.7. The second-order valence-corrected chi connectivity index (χ2v) is 8.74. The predicted octanol–water partition coefficient (Wildman–Crippen LogP) is 4.30. The topological polar surface area (TPSA) is 65.4 Å². The van der Waals surface area contributed by atoms with Crippen LogP contribution >= 0.6 is 11.3 Å². The fourth-order valence-corrected chi connectivity index (χ4v) is 4.27. The highest BCUT2D eigenvalue weighted by Crippen LogP contribution is 2.19. The second kappa shape index (κ2) is 11.1. The highest BCUT2D eigenvalue weighted by Gasteiger charge is 2.11. The van der Waals surface area contributed by atoms with Crippen LogP contribution in [0.25, 0.3) is 0 Å². The van der Waals surface area contributed by atoms with Gasteiger partial charge in [-0.2, -0.15) is 0 Å². The lowest BCUT2D eigenvalue weighted by Crippen LogP contribution is -2.36. The average molecular weight is 415 g/mol. The Kier molecular flexibility index (Phi) is 8.28. The summed E-state index contributed by atoms with van der Waals surface area (Å²) >= 11 is 1.70. The number of aliphatic imine (C=N–C) groups is 1. The molecule has 29 heavy (non-hydrogen) atoms. The van der Waals surface area contributed by atoms with Crippen molar-refractivity contribution in [2.45, 2.75) is 65.5 Å². The van der Waals surface area contributed by atoms with E-state index in [1.807, 2.05) is 6.20 Å². The van der Waals surface area contributed by atoms with Gasteiger partial charge in [0.15, 0.2) is 5.96 Å². The van der Waals surface area contributed by atoms with E-state index in [1.165, 1.54) is 31.2 Å².